The lowest BCUT2D eigenvalue weighted by atomic mass is 9.41. The molecule has 6 aliphatic rings. The van der Waals surface area contributed by atoms with Crippen LogP contribution < -0.4 is 0 Å². The first-order chi connectivity index (χ1) is 17.1. The molecule has 8 unspecified atom stereocenters. The van der Waals surface area contributed by atoms with Gasteiger partial charge in [-0.15, -0.1) is 0 Å². The maximum absolute atomic E-state index is 11.9. The molecule has 1 N–H and O–H groups in total. The normalized spacial score (nSPS) is 53.5. The second kappa shape index (κ2) is 8.07. The van der Waals surface area contributed by atoms with Crippen LogP contribution in [-0.4, -0.2) is 41.3 Å². The molecule has 0 spiro atoms. The number of aliphatic hydroxyl groups excluding tert-OH is 1. The fraction of sp³-hybridized carbons (Fsp3) is 0.906. The quantitative estimate of drug-likeness (QED) is 0.267. The highest BCUT2D eigenvalue weighted by Gasteiger charge is 2.67. The van der Waals surface area contributed by atoms with Crippen molar-refractivity contribution in [1.29, 1.82) is 0 Å². The average Bonchev–Trinajstić information content (AvgIpc) is 3.12. The van der Waals surface area contributed by atoms with Crippen LogP contribution in [0.15, 0.2) is 11.6 Å². The largest absolute Gasteiger partial charge is 0.462 e. The number of hydrogen-bond donors (Lipinski definition) is 1. The number of epoxide rings is 1. The standard InChI is InChI=1S/C32H50O5/c1-18(33)35-25-13-14-30(6)21-12-16-31(7)20(19-17-23(36-27(19)34)26-29(4,5)37-26)11-15-32(31,8)22(21)9-10-24(30)28(25,2)3/h9,19-21,23-27,34H,10-17H2,1-8H3/t19?,20?,21?,23?,24?,25?,26?,27?,30-,31+,32-/m1/s1. The van der Waals surface area contributed by atoms with Crippen molar-refractivity contribution in [3.05, 3.63) is 11.6 Å². The molecule has 2 saturated heterocycles. The SMILES string of the molecule is CC(=O)OC1CC[C@]2(C)C3CC[C@@]4(C)C(C5CC(C6OC6(C)C)OC5O)CC[C@]4(C)C3=CCC2C1(C)C. The van der Waals surface area contributed by atoms with Crippen LogP contribution in [-0.2, 0) is 19.0 Å². The van der Waals surface area contributed by atoms with Gasteiger partial charge in [0, 0.05) is 18.3 Å². The second-order valence-electron chi connectivity index (χ2n) is 15.5. The van der Waals surface area contributed by atoms with Crippen LogP contribution in [0.3, 0.4) is 0 Å². The molecule has 0 amide bonds. The van der Waals surface area contributed by atoms with E-state index >= 15 is 0 Å². The minimum atomic E-state index is -0.675. The van der Waals surface area contributed by atoms with Gasteiger partial charge >= 0.3 is 5.97 Å². The van der Waals surface area contributed by atoms with Crippen molar-refractivity contribution in [2.75, 3.05) is 0 Å². The number of esters is 1. The first-order valence-electron chi connectivity index (χ1n) is 15.0. The maximum atomic E-state index is 11.9. The summed E-state index contributed by atoms with van der Waals surface area (Å²) in [6, 6.07) is 0. The van der Waals surface area contributed by atoms with Crippen LogP contribution in [0.2, 0.25) is 0 Å². The Morgan fingerprint density at radius 2 is 1.73 bits per heavy atom. The van der Waals surface area contributed by atoms with E-state index in [1.165, 1.54) is 25.7 Å². The Kier molecular flexibility index (Phi) is 5.74. The summed E-state index contributed by atoms with van der Waals surface area (Å²) in [5.74, 6) is 1.63. The number of ether oxygens (including phenoxy) is 3. The summed E-state index contributed by atoms with van der Waals surface area (Å²) in [7, 11) is 0. The van der Waals surface area contributed by atoms with Gasteiger partial charge < -0.3 is 19.3 Å². The molecule has 0 aromatic carbocycles. The van der Waals surface area contributed by atoms with Crippen molar-refractivity contribution in [3.8, 4) is 0 Å². The zero-order chi connectivity index (χ0) is 26.8. The molecule has 5 fully saturated rings. The predicted octanol–water partition coefficient (Wildman–Crippen LogP) is 6.42. The smallest absolute Gasteiger partial charge is 0.302 e. The van der Waals surface area contributed by atoms with Crippen LogP contribution >= 0.6 is 0 Å². The number of rotatable bonds is 3. The zero-order valence-corrected chi connectivity index (χ0v) is 24.4. The molecule has 5 heteroatoms. The van der Waals surface area contributed by atoms with Crippen LogP contribution in [0.25, 0.3) is 0 Å². The number of carbonyl (C=O) groups excluding carboxylic acids is 1. The van der Waals surface area contributed by atoms with Gasteiger partial charge in [-0.2, -0.15) is 0 Å². The molecule has 11 atom stereocenters. The van der Waals surface area contributed by atoms with Gasteiger partial charge in [0.25, 0.3) is 0 Å². The van der Waals surface area contributed by atoms with Gasteiger partial charge in [-0.05, 0) is 99.2 Å². The fourth-order valence-electron chi connectivity index (χ4n) is 10.9. The zero-order valence-electron chi connectivity index (χ0n) is 24.4. The van der Waals surface area contributed by atoms with E-state index in [-0.39, 0.29) is 57.5 Å². The van der Waals surface area contributed by atoms with E-state index in [1.54, 1.807) is 12.5 Å². The summed E-state index contributed by atoms with van der Waals surface area (Å²) in [6.45, 7) is 18.1. The molecule has 0 aromatic rings. The van der Waals surface area contributed by atoms with E-state index in [0.29, 0.717) is 17.8 Å². The van der Waals surface area contributed by atoms with Crippen LogP contribution in [0, 0.1) is 45.3 Å². The van der Waals surface area contributed by atoms with E-state index in [1.807, 2.05) is 0 Å². The molecular weight excluding hydrogens is 464 g/mol. The highest BCUT2D eigenvalue weighted by Crippen LogP contribution is 2.74. The topological polar surface area (TPSA) is 68.3 Å². The number of carbonyl (C=O) groups is 1. The number of allylic oxidation sites excluding steroid dienone is 2. The lowest BCUT2D eigenvalue weighted by molar-refractivity contribution is -0.175. The van der Waals surface area contributed by atoms with E-state index in [0.717, 1.165) is 25.7 Å². The molecule has 0 aromatic heterocycles. The number of hydrogen-bond acceptors (Lipinski definition) is 5. The van der Waals surface area contributed by atoms with Gasteiger partial charge in [0.15, 0.2) is 6.29 Å². The summed E-state index contributed by atoms with van der Waals surface area (Å²) >= 11 is 0. The Bertz CT molecular complexity index is 999. The van der Waals surface area contributed by atoms with Gasteiger partial charge in [0.05, 0.1) is 11.7 Å². The summed E-state index contributed by atoms with van der Waals surface area (Å²) in [5, 5.41) is 11.1. The monoisotopic (exact) mass is 514 g/mol. The minimum Gasteiger partial charge on any atom is -0.462 e. The van der Waals surface area contributed by atoms with Crippen molar-refractivity contribution in [1.82, 2.24) is 0 Å². The third-order valence-electron chi connectivity index (χ3n) is 13.2. The second-order valence-corrected chi connectivity index (χ2v) is 15.5. The van der Waals surface area contributed by atoms with E-state index < -0.39 is 6.29 Å². The van der Waals surface area contributed by atoms with E-state index in [4.69, 9.17) is 14.2 Å². The lowest BCUT2D eigenvalue weighted by Crippen LogP contribution is -2.58. The van der Waals surface area contributed by atoms with Crippen LogP contribution in [0.4, 0.5) is 0 Å². The molecule has 0 bridgehead atoms. The average molecular weight is 515 g/mol. The van der Waals surface area contributed by atoms with Gasteiger partial charge in [0.1, 0.15) is 12.2 Å². The highest BCUT2D eigenvalue weighted by molar-refractivity contribution is 5.66. The Hall–Kier alpha value is -0.910. The van der Waals surface area contributed by atoms with Crippen molar-refractivity contribution in [2.24, 2.45) is 45.3 Å². The first kappa shape index (κ1) is 26.3. The maximum Gasteiger partial charge on any atom is 0.302 e. The Morgan fingerprint density at radius 3 is 2.38 bits per heavy atom. The summed E-state index contributed by atoms with van der Waals surface area (Å²) < 4.78 is 17.9. The summed E-state index contributed by atoms with van der Waals surface area (Å²) in [4.78, 5) is 11.9. The van der Waals surface area contributed by atoms with Crippen LogP contribution in [0.1, 0.15) is 107 Å². The molecule has 2 aliphatic heterocycles. The molecule has 208 valence electrons. The van der Waals surface area contributed by atoms with Crippen molar-refractivity contribution in [3.63, 3.8) is 0 Å². The minimum absolute atomic E-state index is 0.00977. The molecule has 5 nitrogen and oxygen atoms in total. The Labute approximate surface area is 224 Å². The fourth-order valence-corrected chi connectivity index (χ4v) is 10.9. The van der Waals surface area contributed by atoms with Crippen molar-refractivity contribution < 1.29 is 24.1 Å². The molecular formula is C32H50O5. The molecule has 6 rings (SSSR count). The Balaban J connectivity index is 1.27. The molecule has 2 heterocycles. The van der Waals surface area contributed by atoms with E-state index in [9.17, 15) is 9.90 Å². The summed E-state index contributed by atoms with van der Waals surface area (Å²) in [6.07, 6.45) is 11.0. The lowest BCUT2D eigenvalue weighted by Gasteiger charge is -2.64. The molecule has 3 saturated carbocycles. The molecule has 4 aliphatic carbocycles. The van der Waals surface area contributed by atoms with Crippen molar-refractivity contribution in [2.45, 2.75) is 137 Å². The third-order valence-corrected chi connectivity index (χ3v) is 13.2. The predicted molar refractivity (Wildman–Crippen MR) is 142 cm³/mol. The number of fused-ring (bicyclic) bond motifs is 5. The van der Waals surface area contributed by atoms with Crippen LogP contribution in [0.5, 0.6) is 0 Å². The van der Waals surface area contributed by atoms with E-state index in [2.05, 4.69) is 54.5 Å². The van der Waals surface area contributed by atoms with Gasteiger partial charge in [0.2, 0.25) is 0 Å². The van der Waals surface area contributed by atoms with Gasteiger partial charge in [-0.3, -0.25) is 4.79 Å². The molecule has 37 heavy (non-hydrogen) atoms. The van der Waals surface area contributed by atoms with Gasteiger partial charge in [-0.25, -0.2) is 0 Å². The first-order valence-corrected chi connectivity index (χ1v) is 15.0. The van der Waals surface area contributed by atoms with Crippen molar-refractivity contribution >= 4 is 5.97 Å². The third kappa shape index (κ3) is 3.55. The Morgan fingerprint density at radius 1 is 1.03 bits per heavy atom. The summed E-state index contributed by atoms with van der Waals surface area (Å²) in [5.41, 5.74) is 2.14. The molecule has 0 radical (unpaired) electrons. The number of aliphatic hydroxyl groups is 1. The highest BCUT2D eigenvalue weighted by atomic mass is 16.7. The van der Waals surface area contributed by atoms with Gasteiger partial charge in [-0.1, -0.05) is 46.3 Å².